The second-order valence-electron chi connectivity index (χ2n) is 6.40. The molecule has 1 aliphatic heterocycles. The van der Waals surface area contributed by atoms with E-state index in [1.807, 2.05) is 0 Å². The lowest BCUT2D eigenvalue weighted by molar-refractivity contribution is -0.153. The van der Waals surface area contributed by atoms with Gasteiger partial charge in [0.05, 0.1) is 5.69 Å². The summed E-state index contributed by atoms with van der Waals surface area (Å²) in [6.07, 6.45) is -4.04. The number of nitrogens with one attached hydrogen (secondary N) is 1. The zero-order chi connectivity index (χ0) is 21.0. The summed E-state index contributed by atoms with van der Waals surface area (Å²) in [7, 11) is 0. The minimum absolute atomic E-state index is 0.0824. The lowest BCUT2D eigenvalue weighted by Gasteiger charge is -2.14. The van der Waals surface area contributed by atoms with E-state index in [-0.39, 0.29) is 42.9 Å². The number of imide groups is 1. The summed E-state index contributed by atoms with van der Waals surface area (Å²) in [6, 6.07) is 12.0. The van der Waals surface area contributed by atoms with Crippen LogP contribution in [-0.4, -0.2) is 30.5 Å². The van der Waals surface area contributed by atoms with E-state index in [1.165, 1.54) is 36.4 Å². The Morgan fingerprint density at radius 2 is 1.55 bits per heavy atom. The van der Waals surface area contributed by atoms with Gasteiger partial charge in [0.1, 0.15) is 5.75 Å². The molecule has 2 aromatic carbocycles. The van der Waals surface area contributed by atoms with Gasteiger partial charge in [-0.1, -0.05) is 12.1 Å². The van der Waals surface area contributed by atoms with Crippen LogP contribution in [0.15, 0.2) is 48.5 Å². The molecule has 0 atom stereocenters. The number of nitrogens with zero attached hydrogens (tertiary/aromatic N) is 1. The quantitative estimate of drug-likeness (QED) is 0.748. The van der Waals surface area contributed by atoms with Crippen molar-refractivity contribution in [1.82, 2.24) is 5.32 Å². The third-order valence-electron chi connectivity index (χ3n) is 4.22. The fraction of sp³-hybridized carbons (Fsp3) is 0.250. The Balaban J connectivity index is 1.54. The van der Waals surface area contributed by atoms with Crippen molar-refractivity contribution in [3.63, 3.8) is 0 Å². The Kier molecular flexibility index (Phi) is 5.86. The van der Waals surface area contributed by atoms with Gasteiger partial charge in [-0.2, -0.15) is 13.2 Å². The fourth-order valence-corrected chi connectivity index (χ4v) is 2.78. The van der Waals surface area contributed by atoms with Crippen molar-refractivity contribution >= 4 is 23.4 Å². The largest absolute Gasteiger partial charge is 0.484 e. The van der Waals surface area contributed by atoms with Crippen molar-refractivity contribution in [2.24, 2.45) is 0 Å². The van der Waals surface area contributed by atoms with E-state index in [9.17, 15) is 27.6 Å². The first-order valence-electron chi connectivity index (χ1n) is 8.75. The van der Waals surface area contributed by atoms with Gasteiger partial charge in [-0.15, -0.1) is 0 Å². The van der Waals surface area contributed by atoms with Gasteiger partial charge in [0.25, 0.3) is 5.91 Å². The maximum Gasteiger partial charge on any atom is 0.422 e. The molecular weight excluding hydrogens is 389 g/mol. The van der Waals surface area contributed by atoms with Crippen LogP contribution >= 0.6 is 0 Å². The number of amides is 3. The van der Waals surface area contributed by atoms with E-state index < -0.39 is 12.8 Å². The van der Waals surface area contributed by atoms with Crippen molar-refractivity contribution in [2.45, 2.75) is 25.6 Å². The summed E-state index contributed by atoms with van der Waals surface area (Å²) in [5.41, 5.74) is 1.45. The van der Waals surface area contributed by atoms with E-state index in [0.29, 0.717) is 16.8 Å². The zero-order valence-electron chi connectivity index (χ0n) is 15.2. The molecule has 3 rings (SSSR count). The number of carbonyl (C=O) groups excluding carboxylic acids is 3. The minimum Gasteiger partial charge on any atom is -0.484 e. The third-order valence-corrected chi connectivity index (χ3v) is 4.22. The summed E-state index contributed by atoms with van der Waals surface area (Å²) < 4.78 is 41.0. The van der Waals surface area contributed by atoms with Crippen LogP contribution in [0.1, 0.15) is 28.8 Å². The van der Waals surface area contributed by atoms with Crippen molar-refractivity contribution in [3.05, 3.63) is 59.7 Å². The standard InChI is InChI=1S/C20H17F3N2O4/c21-20(22,23)12-29-16-7-1-13(2-8-16)11-24-19(28)14-3-5-15(6-4-14)25-17(26)9-10-18(25)27/h1-8H,9-12H2,(H,24,28). The average Bonchev–Trinajstić information content (AvgIpc) is 3.03. The molecule has 1 heterocycles. The number of ether oxygens (including phenoxy) is 1. The SMILES string of the molecule is O=C(NCc1ccc(OCC(F)(F)F)cc1)c1ccc(N2C(=O)CCC2=O)cc1. The van der Waals surface area contributed by atoms with E-state index in [0.717, 1.165) is 4.90 Å². The number of hydrogen-bond acceptors (Lipinski definition) is 4. The van der Waals surface area contributed by atoms with Crippen LogP contribution < -0.4 is 15.0 Å². The van der Waals surface area contributed by atoms with Crippen LogP contribution in [0, 0.1) is 0 Å². The van der Waals surface area contributed by atoms with Crippen LogP contribution in [0.5, 0.6) is 5.75 Å². The molecule has 0 spiro atoms. The predicted octanol–water partition coefficient (Wildman–Crippen LogP) is 3.21. The van der Waals surface area contributed by atoms with E-state index in [2.05, 4.69) is 10.1 Å². The van der Waals surface area contributed by atoms with Crippen LogP contribution in [0.2, 0.25) is 0 Å². The fourth-order valence-electron chi connectivity index (χ4n) is 2.78. The first-order valence-corrected chi connectivity index (χ1v) is 8.75. The van der Waals surface area contributed by atoms with E-state index >= 15 is 0 Å². The summed E-state index contributed by atoms with van der Waals surface area (Å²) >= 11 is 0. The van der Waals surface area contributed by atoms with Gasteiger partial charge >= 0.3 is 6.18 Å². The molecule has 29 heavy (non-hydrogen) atoms. The summed E-state index contributed by atoms with van der Waals surface area (Å²) in [5.74, 6) is -0.822. The minimum atomic E-state index is -4.41. The predicted molar refractivity (Wildman–Crippen MR) is 97.3 cm³/mol. The first-order chi connectivity index (χ1) is 13.7. The molecule has 1 fully saturated rings. The molecule has 6 nitrogen and oxygen atoms in total. The molecule has 0 bridgehead atoms. The number of alkyl halides is 3. The highest BCUT2D eigenvalue weighted by Crippen LogP contribution is 2.23. The molecule has 152 valence electrons. The van der Waals surface area contributed by atoms with Crippen molar-refractivity contribution in [3.8, 4) is 5.75 Å². The van der Waals surface area contributed by atoms with Gasteiger partial charge in [0.2, 0.25) is 11.8 Å². The monoisotopic (exact) mass is 406 g/mol. The Bertz CT molecular complexity index is 893. The molecule has 2 aromatic rings. The van der Waals surface area contributed by atoms with Gasteiger partial charge in [-0.25, -0.2) is 0 Å². The Morgan fingerprint density at radius 1 is 0.966 bits per heavy atom. The number of rotatable bonds is 6. The average molecular weight is 406 g/mol. The van der Waals surface area contributed by atoms with Crippen LogP contribution in [0.25, 0.3) is 0 Å². The molecule has 1 N–H and O–H groups in total. The molecule has 0 unspecified atom stereocenters. The van der Waals surface area contributed by atoms with Crippen LogP contribution in [0.3, 0.4) is 0 Å². The Morgan fingerprint density at radius 3 is 2.10 bits per heavy atom. The maximum absolute atomic E-state index is 12.3. The second-order valence-corrected chi connectivity index (χ2v) is 6.40. The Hall–Kier alpha value is -3.36. The summed E-state index contributed by atoms with van der Waals surface area (Å²) in [6.45, 7) is -1.20. The van der Waals surface area contributed by atoms with Crippen LogP contribution in [0.4, 0.5) is 18.9 Å². The number of carbonyl (C=O) groups is 3. The van der Waals surface area contributed by atoms with Gasteiger partial charge in [0, 0.05) is 24.9 Å². The molecule has 3 amide bonds. The third kappa shape index (κ3) is 5.34. The molecule has 0 saturated carbocycles. The van der Waals surface area contributed by atoms with E-state index in [1.54, 1.807) is 12.1 Å². The van der Waals surface area contributed by atoms with Crippen molar-refractivity contribution in [1.29, 1.82) is 0 Å². The smallest absolute Gasteiger partial charge is 0.422 e. The lowest BCUT2D eigenvalue weighted by Crippen LogP contribution is -2.28. The molecule has 0 radical (unpaired) electrons. The number of hydrogen-bond donors (Lipinski definition) is 1. The summed E-state index contributed by atoms with van der Waals surface area (Å²) in [5, 5.41) is 2.69. The molecular formula is C20H17F3N2O4. The maximum atomic E-state index is 12.3. The normalized spacial score (nSPS) is 14.2. The van der Waals surface area contributed by atoms with E-state index in [4.69, 9.17) is 0 Å². The molecule has 9 heteroatoms. The molecule has 1 aliphatic rings. The van der Waals surface area contributed by atoms with Gasteiger partial charge < -0.3 is 10.1 Å². The second kappa shape index (κ2) is 8.34. The van der Waals surface area contributed by atoms with Gasteiger partial charge in [-0.05, 0) is 42.0 Å². The summed E-state index contributed by atoms with van der Waals surface area (Å²) in [4.78, 5) is 36.8. The molecule has 0 aliphatic carbocycles. The van der Waals surface area contributed by atoms with Crippen molar-refractivity contribution < 1.29 is 32.3 Å². The number of benzene rings is 2. The molecule has 1 saturated heterocycles. The van der Waals surface area contributed by atoms with Crippen LogP contribution in [-0.2, 0) is 16.1 Å². The highest BCUT2D eigenvalue weighted by molar-refractivity contribution is 6.19. The topological polar surface area (TPSA) is 75.7 Å². The van der Waals surface area contributed by atoms with Gasteiger partial charge in [-0.3, -0.25) is 19.3 Å². The number of anilines is 1. The number of halogens is 3. The highest BCUT2D eigenvalue weighted by atomic mass is 19.4. The highest BCUT2D eigenvalue weighted by Gasteiger charge is 2.30. The van der Waals surface area contributed by atoms with Crippen molar-refractivity contribution in [2.75, 3.05) is 11.5 Å². The Labute approximate surface area is 164 Å². The first kappa shape index (κ1) is 20.4. The molecule has 0 aromatic heterocycles. The van der Waals surface area contributed by atoms with Gasteiger partial charge in [0.15, 0.2) is 6.61 Å². The lowest BCUT2D eigenvalue weighted by atomic mass is 10.1. The zero-order valence-corrected chi connectivity index (χ0v) is 15.2.